The predicted octanol–water partition coefficient (Wildman–Crippen LogP) is 1.34. The summed E-state index contributed by atoms with van der Waals surface area (Å²) in [4.78, 5) is 13.7. The van der Waals surface area contributed by atoms with E-state index in [4.69, 9.17) is 5.73 Å². The van der Waals surface area contributed by atoms with Crippen LogP contribution < -0.4 is 5.73 Å². The number of carbonyl (C=O) groups is 1. The predicted molar refractivity (Wildman–Crippen MR) is 65.7 cm³/mol. The first-order valence-electron chi connectivity index (χ1n) is 6.10. The maximum Gasteiger partial charge on any atom is 0.260 e. The highest BCUT2D eigenvalue weighted by Crippen LogP contribution is 2.24. The van der Waals surface area contributed by atoms with Crippen molar-refractivity contribution in [2.45, 2.75) is 12.8 Å². The average molecular weight is 252 g/mol. The zero-order valence-corrected chi connectivity index (χ0v) is 10.1. The second-order valence-corrected chi connectivity index (χ2v) is 4.61. The molecule has 1 aliphatic rings. The van der Waals surface area contributed by atoms with E-state index in [1.54, 1.807) is 4.90 Å². The number of hydrogen-bond donors (Lipinski definition) is 2. The van der Waals surface area contributed by atoms with Gasteiger partial charge in [0.05, 0.1) is 0 Å². The van der Waals surface area contributed by atoms with Crippen molar-refractivity contribution >= 4 is 5.91 Å². The Morgan fingerprint density at radius 1 is 1.44 bits per heavy atom. The Balaban J connectivity index is 2.13. The third-order valence-corrected chi connectivity index (χ3v) is 3.44. The lowest BCUT2D eigenvalue weighted by Crippen LogP contribution is -2.40. The molecule has 18 heavy (non-hydrogen) atoms. The van der Waals surface area contributed by atoms with Gasteiger partial charge in [-0.15, -0.1) is 0 Å². The molecule has 5 heteroatoms. The van der Waals surface area contributed by atoms with Gasteiger partial charge < -0.3 is 15.7 Å². The monoisotopic (exact) mass is 252 g/mol. The lowest BCUT2D eigenvalue weighted by Gasteiger charge is -2.31. The SMILES string of the molecule is NCC1CCN(C(=O)c2c(O)cccc2F)CC1. The number of likely N-dealkylation sites (tertiary alicyclic amines) is 1. The quantitative estimate of drug-likeness (QED) is 0.834. The van der Waals surface area contributed by atoms with Crippen molar-refractivity contribution in [2.75, 3.05) is 19.6 Å². The molecule has 1 amide bonds. The fourth-order valence-corrected chi connectivity index (χ4v) is 2.25. The number of aromatic hydroxyl groups is 1. The van der Waals surface area contributed by atoms with Crippen molar-refractivity contribution in [3.63, 3.8) is 0 Å². The molecule has 4 nitrogen and oxygen atoms in total. The lowest BCUT2D eigenvalue weighted by atomic mass is 9.96. The largest absolute Gasteiger partial charge is 0.507 e. The second-order valence-electron chi connectivity index (χ2n) is 4.61. The van der Waals surface area contributed by atoms with Crippen LogP contribution in [0.15, 0.2) is 18.2 Å². The summed E-state index contributed by atoms with van der Waals surface area (Å²) < 4.78 is 13.6. The Morgan fingerprint density at radius 2 is 2.11 bits per heavy atom. The molecular formula is C13H17FN2O2. The van der Waals surface area contributed by atoms with E-state index in [0.29, 0.717) is 25.6 Å². The van der Waals surface area contributed by atoms with Crippen LogP contribution in [0.2, 0.25) is 0 Å². The van der Waals surface area contributed by atoms with E-state index in [0.717, 1.165) is 12.8 Å². The van der Waals surface area contributed by atoms with E-state index < -0.39 is 11.7 Å². The molecule has 3 N–H and O–H groups in total. The van der Waals surface area contributed by atoms with Crippen LogP contribution in [0.5, 0.6) is 5.75 Å². The number of phenolic OH excluding ortho intramolecular Hbond substituents is 1. The van der Waals surface area contributed by atoms with Gasteiger partial charge >= 0.3 is 0 Å². The topological polar surface area (TPSA) is 66.6 Å². The van der Waals surface area contributed by atoms with Crippen molar-refractivity contribution in [3.05, 3.63) is 29.6 Å². The van der Waals surface area contributed by atoms with Crippen molar-refractivity contribution in [2.24, 2.45) is 11.7 Å². The van der Waals surface area contributed by atoms with E-state index >= 15 is 0 Å². The zero-order valence-electron chi connectivity index (χ0n) is 10.1. The van der Waals surface area contributed by atoms with E-state index in [-0.39, 0.29) is 11.3 Å². The molecule has 0 spiro atoms. The van der Waals surface area contributed by atoms with Gasteiger partial charge in [0.1, 0.15) is 17.1 Å². The molecule has 0 saturated carbocycles. The summed E-state index contributed by atoms with van der Waals surface area (Å²) in [6.45, 7) is 1.75. The third-order valence-electron chi connectivity index (χ3n) is 3.44. The minimum atomic E-state index is -0.680. The van der Waals surface area contributed by atoms with E-state index in [9.17, 15) is 14.3 Å². The van der Waals surface area contributed by atoms with Crippen LogP contribution in [0.3, 0.4) is 0 Å². The molecule has 1 saturated heterocycles. The number of carbonyl (C=O) groups excluding carboxylic acids is 1. The van der Waals surface area contributed by atoms with Crippen LogP contribution in [-0.4, -0.2) is 35.5 Å². The normalized spacial score (nSPS) is 16.9. The van der Waals surface area contributed by atoms with Crippen LogP contribution in [-0.2, 0) is 0 Å². The second kappa shape index (κ2) is 5.35. The summed E-state index contributed by atoms with van der Waals surface area (Å²) >= 11 is 0. The highest BCUT2D eigenvalue weighted by molar-refractivity contribution is 5.97. The molecule has 1 aromatic carbocycles. The number of nitrogens with zero attached hydrogens (tertiary/aromatic N) is 1. The summed E-state index contributed by atoms with van der Waals surface area (Å²) in [5, 5.41) is 9.58. The summed E-state index contributed by atoms with van der Waals surface area (Å²) in [5.74, 6) is -0.994. The molecule has 0 bridgehead atoms. The first-order valence-corrected chi connectivity index (χ1v) is 6.10. The molecule has 0 unspecified atom stereocenters. The molecule has 0 atom stereocenters. The fourth-order valence-electron chi connectivity index (χ4n) is 2.25. The molecule has 1 fully saturated rings. The Bertz CT molecular complexity index is 422. The number of benzene rings is 1. The van der Waals surface area contributed by atoms with Gasteiger partial charge in [-0.2, -0.15) is 0 Å². The van der Waals surface area contributed by atoms with Crippen LogP contribution in [0, 0.1) is 11.7 Å². The molecule has 0 radical (unpaired) electrons. The Morgan fingerprint density at radius 3 is 2.67 bits per heavy atom. The van der Waals surface area contributed by atoms with E-state index in [1.807, 2.05) is 0 Å². The smallest absolute Gasteiger partial charge is 0.260 e. The lowest BCUT2D eigenvalue weighted by molar-refractivity contribution is 0.0685. The summed E-state index contributed by atoms with van der Waals surface area (Å²) in [6.07, 6.45) is 1.66. The van der Waals surface area contributed by atoms with Crippen LogP contribution in [0.25, 0.3) is 0 Å². The van der Waals surface area contributed by atoms with Gasteiger partial charge in [-0.25, -0.2) is 4.39 Å². The number of halogens is 1. The van der Waals surface area contributed by atoms with Crippen molar-refractivity contribution in [1.82, 2.24) is 4.90 Å². The summed E-state index contributed by atoms with van der Waals surface area (Å²) in [5.41, 5.74) is 5.35. The molecule has 0 aliphatic carbocycles. The van der Waals surface area contributed by atoms with Crippen molar-refractivity contribution in [3.8, 4) is 5.75 Å². The molecule has 1 aliphatic heterocycles. The van der Waals surface area contributed by atoms with Crippen molar-refractivity contribution in [1.29, 1.82) is 0 Å². The standard InChI is InChI=1S/C13H17FN2O2/c14-10-2-1-3-11(17)12(10)13(18)16-6-4-9(8-15)5-7-16/h1-3,9,17H,4-8,15H2. The number of rotatable bonds is 2. The highest BCUT2D eigenvalue weighted by Gasteiger charge is 2.26. The van der Waals surface area contributed by atoms with E-state index in [1.165, 1.54) is 18.2 Å². The van der Waals surface area contributed by atoms with Crippen LogP contribution >= 0.6 is 0 Å². The first kappa shape index (κ1) is 12.8. The number of piperidine rings is 1. The third kappa shape index (κ3) is 2.46. The maximum atomic E-state index is 13.6. The minimum Gasteiger partial charge on any atom is -0.507 e. The highest BCUT2D eigenvalue weighted by atomic mass is 19.1. The first-order chi connectivity index (χ1) is 8.63. The fraction of sp³-hybridized carbons (Fsp3) is 0.462. The Labute approximate surface area is 105 Å². The number of amides is 1. The van der Waals surface area contributed by atoms with E-state index in [2.05, 4.69) is 0 Å². The molecule has 98 valence electrons. The molecule has 1 aromatic rings. The van der Waals surface area contributed by atoms with Gasteiger partial charge in [-0.05, 0) is 37.4 Å². The maximum absolute atomic E-state index is 13.6. The Kier molecular flexibility index (Phi) is 3.81. The summed E-state index contributed by atoms with van der Waals surface area (Å²) in [7, 11) is 0. The van der Waals surface area contributed by atoms with Gasteiger partial charge in [0, 0.05) is 13.1 Å². The van der Waals surface area contributed by atoms with Gasteiger partial charge in [-0.1, -0.05) is 6.07 Å². The van der Waals surface area contributed by atoms with Gasteiger partial charge in [0.15, 0.2) is 0 Å². The zero-order chi connectivity index (χ0) is 13.1. The Hall–Kier alpha value is -1.62. The minimum absolute atomic E-state index is 0.233. The van der Waals surface area contributed by atoms with Crippen LogP contribution in [0.1, 0.15) is 23.2 Å². The molecular weight excluding hydrogens is 235 g/mol. The van der Waals surface area contributed by atoms with Gasteiger partial charge in [-0.3, -0.25) is 4.79 Å². The van der Waals surface area contributed by atoms with Crippen molar-refractivity contribution < 1.29 is 14.3 Å². The number of nitrogens with two attached hydrogens (primary N) is 1. The molecule has 2 rings (SSSR count). The van der Waals surface area contributed by atoms with Gasteiger partial charge in [0.2, 0.25) is 0 Å². The number of hydrogen-bond acceptors (Lipinski definition) is 3. The molecule has 1 heterocycles. The molecule has 0 aromatic heterocycles. The number of phenols is 1. The van der Waals surface area contributed by atoms with Crippen LogP contribution in [0.4, 0.5) is 4.39 Å². The average Bonchev–Trinajstić information content (AvgIpc) is 2.38. The van der Waals surface area contributed by atoms with Gasteiger partial charge in [0.25, 0.3) is 5.91 Å². The summed E-state index contributed by atoms with van der Waals surface area (Å²) in [6, 6.07) is 3.88.